The molecule has 2 saturated heterocycles. The van der Waals surface area contributed by atoms with Crippen LogP contribution in [0.1, 0.15) is 105 Å². The molecule has 13 heteroatoms. The highest BCUT2D eigenvalue weighted by atomic mass is 32.1. The zero-order valence-corrected chi connectivity index (χ0v) is 36.3. The number of aliphatic hydroxyl groups excluding tert-OH is 1. The average molecular weight is 820 g/mol. The quantitative estimate of drug-likeness (QED) is 0.128. The molecule has 2 unspecified atom stereocenters. The number of hydrogen-bond acceptors (Lipinski definition) is 12. The number of methoxy groups -OCH3 is 3. The monoisotopic (exact) mass is 819 g/mol. The van der Waals surface area contributed by atoms with Gasteiger partial charge in [0, 0.05) is 57.3 Å². The first kappa shape index (κ1) is 47.3. The summed E-state index contributed by atoms with van der Waals surface area (Å²) < 4.78 is 30.0. The minimum Gasteiger partial charge on any atom is -0.456 e. The summed E-state index contributed by atoms with van der Waals surface area (Å²) in [6.45, 7) is 13.3. The van der Waals surface area contributed by atoms with E-state index in [0.29, 0.717) is 37.7 Å². The van der Waals surface area contributed by atoms with Gasteiger partial charge in [0.1, 0.15) is 24.0 Å². The summed E-state index contributed by atoms with van der Waals surface area (Å²) in [5.74, 6) is -7.49. The number of rotatable bonds is 7. The van der Waals surface area contributed by atoms with Crippen molar-refractivity contribution in [2.24, 2.45) is 29.6 Å². The number of carbonyl (C=O) groups is 4. The number of ether oxygens (including phenoxy) is 5. The predicted molar refractivity (Wildman–Crippen MR) is 219 cm³/mol. The van der Waals surface area contributed by atoms with E-state index in [1.807, 2.05) is 26.8 Å². The van der Waals surface area contributed by atoms with Gasteiger partial charge < -0.3 is 38.8 Å². The number of aliphatic hydroxyl groups is 2. The van der Waals surface area contributed by atoms with Crippen molar-refractivity contribution < 1.29 is 53.1 Å². The number of ketones is 2. The molecule has 0 spiro atoms. The van der Waals surface area contributed by atoms with Gasteiger partial charge >= 0.3 is 5.97 Å². The van der Waals surface area contributed by atoms with Crippen LogP contribution in [0.15, 0.2) is 36.0 Å². The van der Waals surface area contributed by atoms with Gasteiger partial charge in [-0.1, -0.05) is 44.6 Å². The molecular weight excluding hydrogens is 751 g/mol. The third-order valence-electron chi connectivity index (χ3n) is 12.9. The summed E-state index contributed by atoms with van der Waals surface area (Å²) in [7, 11) is 4.74. The van der Waals surface area contributed by atoms with E-state index < -0.39 is 77.8 Å². The zero-order valence-electron chi connectivity index (χ0n) is 35.4. The maximum absolute atomic E-state index is 14.3. The van der Waals surface area contributed by atoms with Gasteiger partial charge in [0.25, 0.3) is 11.7 Å². The van der Waals surface area contributed by atoms with Crippen molar-refractivity contribution in [2.75, 3.05) is 27.9 Å². The third kappa shape index (κ3) is 11.5. The third-order valence-corrected chi connectivity index (χ3v) is 13.5. The highest BCUT2D eigenvalue weighted by Gasteiger charge is 2.56. The van der Waals surface area contributed by atoms with Gasteiger partial charge in [-0.25, -0.2) is 4.79 Å². The number of Topliss-reactive ketones (excluding diaryl/α,β-unsaturated/α-hetero) is 2. The van der Waals surface area contributed by atoms with E-state index >= 15 is 0 Å². The number of piperidine rings is 1. The highest BCUT2D eigenvalue weighted by Crippen LogP contribution is 2.39. The maximum Gasteiger partial charge on any atom is 0.329 e. The molecule has 0 aromatic carbocycles. The predicted octanol–water partition coefficient (Wildman–Crippen LogP) is 5.58. The number of thiol groups is 1. The largest absolute Gasteiger partial charge is 0.456 e. The Kier molecular flexibility index (Phi) is 17.6. The number of cyclic esters (lactones) is 1. The van der Waals surface area contributed by atoms with Gasteiger partial charge in [-0.05, 0) is 95.5 Å². The van der Waals surface area contributed by atoms with Crippen molar-refractivity contribution in [1.82, 2.24) is 4.90 Å². The summed E-state index contributed by atoms with van der Waals surface area (Å²) in [4.78, 5) is 57.9. The van der Waals surface area contributed by atoms with Crippen LogP contribution >= 0.6 is 12.6 Å². The van der Waals surface area contributed by atoms with Crippen LogP contribution in [0.2, 0.25) is 0 Å². The van der Waals surface area contributed by atoms with Gasteiger partial charge in [0.2, 0.25) is 5.79 Å². The summed E-state index contributed by atoms with van der Waals surface area (Å²) in [5.41, 5.74) is 1.68. The second-order valence-corrected chi connectivity index (χ2v) is 17.9. The van der Waals surface area contributed by atoms with Crippen molar-refractivity contribution in [3.05, 3.63) is 36.0 Å². The molecule has 1 aliphatic carbocycles. The molecule has 2 bridgehead atoms. The van der Waals surface area contributed by atoms with Crippen LogP contribution in [0.5, 0.6) is 0 Å². The Morgan fingerprint density at radius 2 is 1.65 bits per heavy atom. The van der Waals surface area contributed by atoms with Crippen molar-refractivity contribution in [1.29, 1.82) is 0 Å². The Balaban J connectivity index is 1.78. The molecule has 1 saturated carbocycles. The molecule has 0 aromatic heterocycles. The van der Waals surface area contributed by atoms with Gasteiger partial charge in [-0.2, -0.15) is 12.6 Å². The fourth-order valence-corrected chi connectivity index (χ4v) is 9.82. The van der Waals surface area contributed by atoms with E-state index in [9.17, 15) is 29.4 Å². The molecule has 0 aromatic rings. The lowest BCUT2D eigenvalue weighted by Crippen LogP contribution is -2.64. The smallest absolute Gasteiger partial charge is 0.329 e. The molecule has 3 fully saturated rings. The fourth-order valence-electron chi connectivity index (χ4n) is 9.42. The summed E-state index contributed by atoms with van der Waals surface area (Å²) in [6, 6.07) is -1.12. The van der Waals surface area contributed by atoms with Crippen molar-refractivity contribution in [2.45, 2.75) is 159 Å². The lowest BCUT2D eigenvalue weighted by atomic mass is 9.82. The van der Waals surface area contributed by atoms with E-state index in [0.717, 1.165) is 24.8 Å². The minimum atomic E-state index is -2.50. The van der Waals surface area contributed by atoms with Crippen molar-refractivity contribution >= 4 is 36.1 Å². The molecule has 14 atom stereocenters. The van der Waals surface area contributed by atoms with Crippen LogP contribution < -0.4 is 0 Å². The van der Waals surface area contributed by atoms with Gasteiger partial charge in [-0.15, -0.1) is 6.58 Å². The lowest BCUT2D eigenvalue weighted by molar-refractivity contribution is -0.302. The SMILES string of the molecule is C=CC[C@@H]1/C=C(\C)C[C@H](C)C[C@H](OC)C2O[C@@](O)(C(=O)C(=O)N3CCCC[C@H]3C(=O)O[C@H](/C(C)=C/[C@@H]3CCC(S)[C@H](OC)C3)[C@H](C)[C@@H](O)CC1=O)[C@H](C)C[C@@H]2OC. The van der Waals surface area contributed by atoms with Crippen molar-refractivity contribution in [3.63, 3.8) is 0 Å². The van der Waals surface area contributed by atoms with Crippen molar-refractivity contribution in [3.8, 4) is 0 Å². The fraction of sp³-hybridized carbons (Fsp3) is 0.773. The first-order chi connectivity index (χ1) is 27.0. The molecule has 1 amide bonds. The lowest BCUT2D eigenvalue weighted by Gasteiger charge is -2.47. The number of amides is 1. The number of nitrogens with zero attached hydrogens (tertiary/aromatic N) is 1. The Morgan fingerprint density at radius 1 is 0.982 bits per heavy atom. The molecule has 57 heavy (non-hydrogen) atoms. The van der Waals surface area contributed by atoms with Crippen LogP contribution in [0.25, 0.3) is 0 Å². The van der Waals surface area contributed by atoms with Gasteiger partial charge in [0.05, 0.1) is 24.4 Å². The van der Waals surface area contributed by atoms with Crippen LogP contribution in [-0.4, -0.2) is 120 Å². The maximum atomic E-state index is 14.3. The van der Waals surface area contributed by atoms with Crippen LogP contribution in [0.4, 0.5) is 0 Å². The Morgan fingerprint density at radius 3 is 2.30 bits per heavy atom. The van der Waals surface area contributed by atoms with E-state index in [1.54, 1.807) is 27.0 Å². The van der Waals surface area contributed by atoms with E-state index in [-0.39, 0.29) is 54.8 Å². The molecule has 322 valence electrons. The number of allylic oxidation sites excluding steroid dienone is 4. The second-order valence-electron chi connectivity index (χ2n) is 17.3. The van der Waals surface area contributed by atoms with Gasteiger partial charge in [0.15, 0.2) is 0 Å². The molecule has 12 nitrogen and oxygen atoms in total. The standard InChI is InChI=1S/C44H69NO11S/c1-10-13-31-19-25(2)18-26(3)20-36(53-8)40-37(54-9)22-28(5)44(51,56-40)41(48)42(49)45-17-12-11-14-32(45)43(50)55-39(29(6)33(46)24-34(31)47)27(4)21-30-15-16-38(57)35(23-30)52-7/h10,19,21,26,28-33,35-40,46,51,57H,1,11-18,20,22-24H2,2-9H3/b25-19+,27-21+/t26-,28+,29+,30-,31+,32-,33-,35+,36-,37-,38?,39+,40?,44+/m0/s1. The number of hydrogen-bond donors (Lipinski definition) is 3. The second kappa shape index (κ2) is 21.2. The number of esters is 1. The molecule has 4 aliphatic rings. The topological polar surface area (TPSA) is 158 Å². The zero-order chi connectivity index (χ0) is 42.2. The summed E-state index contributed by atoms with van der Waals surface area (Å²) in [5, 5.41) is 23.9. The molecule has 3 heterocycles. The van der Waals surface area contributed by atoms with E-state index in [2.05, 4.69) is 12.7 Å². The Bertz CT molecular complexity index is 1480. The Hall–Kier alpha value is -2.39. The number of carbonyl (C=O) groups excluding carboxylic acids is 4. The van der Waals surface area contributed by atoms with Crippen LogP contribution in [-0.2, 0) is 42.9 Å². The molecular formula is C44H69NO11S. The molecule has 2 N–H and O–H groups in total. The molecule has 3 aliphatic heterocycles. The van der Waals surface area contributed by atoms with Crippen LogP contribution in [0.3, 0.4) is 0 Å². The Labute approximate surface area is 345 Å². The van der Waals surface area contributed by atoms with E-state index in [4.69, 9.17) is 36.3 Å². The first-order valence-corrected chi connectivity index (χ1v) is 21.4. The minimum absolute atomic E-state index is 0.0195. The average Bonchev–Trinajstić information content (AvgIpc) is 3.18. The summed E-state index contributed by atoms with van der Waals surface area (Å²) in [6.07, 6.45) is 6.80. The molecule has 0 radical (unpaired) electrons. The normalized spacial score (nSPS) is 41.0. The molecule has 4 rings (SSSR count). The number of fused-ring (bicyclic) bond motifs is 3. The van der Waals surface area contributed by atoms with Crippen LogP contribution in [0, 0.1) is 29.6 Å². The van der Waals surface area contributed by atoms with Gasteiger partial charge in [-0.3, -0.25) is 14.4 Å². The first-order valence-electron chi connectivity index (χ1n) is 20.9. The highest BCUT2D eigenvalue weighted by molar-refractivity contribution is 7.81. The van der Waals surface area contributed by atoms with E-state index in [1.165, 1.54) is 19.1 Å². The summed E-state index contributed by atoms with van der Waals surface area (Å²) >= 11 is 4.70.